The number of unbranched alkanes of at least 4 members (excludes halogenated alkanes) is 1. The van der Waals surface area contributed by atoms with Gasteiger partial charge in [-0.1, -0.05) is 12.1 Å². The minimum Gasteiger partial charge on any atom is -0.493 e. The number of hydrogen-bond donors (Lipinski definition) is 2. The molecule has 0 aromatic heterocycles. The average molecular weight is 307 g/mol. The molecule has 1 atom stereocenters. The van der Waals surface area contributed by atoms with E-state index in [1.54, 1.807) is 6.92 Å². The number of benzene rings is 1. The number of rotatable bonds is 9. The summed E-state index contributed by atoms with van der Waals surface area (Å²) in [6.07, 6.45) is 1.84. The van der Waals surface area contributed by atoms with Crippen molar-refractivity contribution in [3.05, 3.63) is 29.3 Å². The first-order valence-electron chi connectivity index (χ1n) is 7.59. The molecule has 0 heterocycles. The first-order chi connectivity index (χ1) is 10.4. The molecule has 0 radical (unpaired) electrons. The van der Waals surface area contributed by atoms with Crippen LogP contribution >= 0.6 is 0 Å². The summed E-state index contributed by atoms with van der Waals surface area (Å²) in [4.78, 5) is 22.1. The average Bonchev–Trinajstić information content (AvgIpc) is 2.41. The Labute approximate surface area is 131 Å². The summed E-state index contributed by atoms with van der Waals surface area (Å²) >= 11 is 0. The van der Waals surface area contributed by atoms with Crippen LogP contribution in [0, 0.1) is 13.8 Å². The van der Waals surface area contributed by atoms with Crippen LogP contribution in [0.25, 0.3) is 0 Å². The van der Waals surface area contributed by atoms with Gasteiger partial charge in [0.2, 0.25) is 5.91 Å². The van der Waals surface area contributed by atoms with E-state index in [1.165, 1.54) is 0 Å². The number of carboxylic acid groups (broad SMARTS) is 1. The molecule has 0 spiro atoms. The molecule has 0 saturated heterocycles. The van der Waals surface area contributed by atoms with E-state index in [1.807, 2.05) is 32.0 Å². The summed E-state index contributed by atoms with van der Waals surface area (Å²) in [5.41, 5.74) is 2.26. The van der Waals surface area contributed by atoms with Crippen molar-refractivity contribution < 1.29 is 19.4 Å². The normalized spacial score (nSPS) is 11.8. The maximum absolute atomic E-state index is 11.6. The lowest BCUT2D eigenvalue weighted by molar-refractivity contribution is -0.137. The van der Waals surface area contributed by atoms with Gasteiger partial charge in [-0.2, -0.15) is 0 Å². The second kappa shape index (κ2) is 9.07. The summed E-state index contributed by atoms with van der Waals surface area (Å²) in [5.74, 6) is -0.130. The zero-order chi connectivity index (χ0) is 16.5. The van der Waals surface area contributed by atoms with Gasteiger partial charge in [0.15, 0.2) is 0 Å². The van der Waals surface area contributed by atoms with Crippen molar-refractivity contribution in [3.8, 4) is 5.75 Å². The summed E-state index contributed by atoms with van der Waals surface area (Å²) < 4.78 is 5.72. The predicted octanol–water partition coefficient (Wildman–Crippen LogP) is 2.83. The number of carbonyl (C=O) groups excluding carboxylic acids is 1. The van der Waals surface area contributed by atoms with E-state index in [0.29, 0.717) is 13.0 Å². The fourth-order valence-electron chi connectivity index (χ4n) is 2.09. The van der Waals surface area contributed by atoms with Crippen LogP contribution in [-0.4, -0.2) is 29.6 Å². The molecule has 5 nitrogen and oxygen atoms in total. The Hall–Kier alpha value is -2.04. The first kappa shape index (κ1) is 18.0. The van der Waals surface area contributed by atoms with Gasteiger partial charge < -0.3 is 15.2 Å². The monoisotopic (exact) mass is 307 g/mol. The zero-order valence-corrected chi connectivity index (χ0v) is 13.5. The van der Waals surface area contributed by atoms with Crippen molar-refractivity contribution in [2.24, 2.45) is 0 Å². The maximum Gasteiger partial charge on any atom is 0.305 e. The summed E-state index contributed by atoms with van der Waals surface area (Å²) in [5, 5.41) is 11.3. The van der Waals surface area contributed by atoms with Crippen molar-refractivity contribution in [2.45, 2.75) is 52.5 Å². The smallest absolute Gasteiger partial charge is 0.305 e. The van der Waals surface area contributed by atoms with E-state index in [-0.39, 0.29) is 18.4 Å². The van der Waals surface area contributed by atoms with E-state index in [9.17, 15) is 9.59 Å². The maximum atomic E-state index is 11.6. The molecular weight excluding hydrogens is 282 g/mol. The molecular formula is C17H25NO4. The third-order valence-electron chi connectivity index (χ3n) is 3.29. The van der Waals surface area contributed by atoms with Crippen molar-refractivity contribution in [1.29, 1.82) is 0 Å². The third-order valence-corrected chi connectivity index (χ3v) is 3.29. The number of hydrogen-bond acceptors (Lipinski definition) is 3. The number of amides is 1. The highest BCUT2D eigenvalue weighted by atomic mass is 16.5. The molecule has 0 aliphatic heterocycles. The van der Waals surface area contributed by atoms with Gasteiger partial charge in [0.1, 0.15) is 5.75 Å². The molecule has 1 aromatic carbocycles. The van der Waals surface area contributed by atoms with Crippen molar-refractivity contribution in [1.82, 2.24) is 5.32 Å². The highest BCUT2D eigenvalue weighted by Gasteiger charge is 2.10. The molecule has 1 unspecified atom stereocenters. The van der Waals surface area contributed by atoms with E-state index in [4.69, 9.17) is 9.84 Å². The molecule has 1 aromatic rings. The van der Waals surface area contributed by atoms with E-state index < -0.39 is 5.97 Å². The molecule has 122 valence electrons. The van der Waals surface area contributed by atoms with E-state index in [0.717, 1.165) is 29.7 Å². The van der Waals surface area contributed by atoms with Gasteiger partial charge in [-0.3, -0.25) is 9.59 Å². The van der Waals surface area contributed by atoms with Crippen LogP contribution in [0.2, 0.25) is 0 Å². The van der Waals surface area contributed by atoms with Crippen LogP contribution in [0.15, 0.2) is 18.2 Å². The third kappa shape index (κ3) is 7.11. The minimum atomic E-state index is -0.908. The van der Waals surface area contributed by atoms with Gasteiger partial charge in [0, 0.05) is 12.5 Å². The number of ether oxygens (including phenoxy) is 1. The van der Waals surface area contributed by atoms with Crippen LogP contribution in [-0.2, 0) is 9.59 Å². The largest absolute Gasteiger partial charge is 0.493 e. The Morgan fingerprint density at radius 2 is 2.00 bits per heavy atom. The summed E-state index contributed by atoms with van der Waals surface area (Å²) in [6.45, 7) is 6.29. The van der Waals surface area contributed by atoms with Crippen LogP contribution in [0.5, 0.6) is 5.75 Å². The van der Waals surface area contributed by atoms with Gasteiger partial charge >= 0.3 is 5.97 Å². The summed E-state index contributed by atoms with van der Waals surface area (Å²) in [7, 11) is 0. The Kier molecular flexibility index (Phi) is 7.43. The summed E-state index contributed by atoms with van der Waals surface area (Å²) in [6, 6.07) is 5.75. The molecule has 1 rings (SSSR count). The highest BCUT2D eigenvalue weighted by molar-refractivity contribution is 5.77. The molecule has 22 heavy (non-hydrogen) atoms. The second-order valence-electron chi connectivity index (χ2n) is 5.64. The van der Waals surface area contributed by atoms with Gasteiger partial charge in [-0.05, 0) is 50.8 Å². The van der Waals surface area contributed by atoms with Crippen LogP contribution in [0.1, 0.15) is 43.7 Å². The van der Waals surface area contributed by atoms with Gasteiger partial charge in [0.05, 0.1) is 13.0 Å². The van der Waals surface area contributed by atoms with Crippen LogP contribution < -0.4 is 10.1 Å². The molecule has 0 aliphatic carbocycles. The Bertz CT molecular complexity index is 513. The number of aryl methyl sites for hydroxylation is 2. The molecule has 0 aliphatic rings. The molecule has 0 saturated carbocycles. The molecule has 5 heteroatoms. The highest BCUT2D eigenvalue weighted by Crippen LogP contribution is 2.19. The molecule has 1 amide bonds. The standard InChI is InChI=1S/C17H25NO4/c1-12-7-8-13(2)15(10-12)22-9-5-4-6-16(19)18-14(3)11-17(20)21/h7-8,10,14H,4-6,9,11H2,1-3H3,(H,18,19)(H,20,21). The molecule has 0 fully saturated rings. The first-order valence-corrected chi connectivity index (χ1v) is 7.59. The Morgan fingerprint density at radius 1 is 1.27 bits per heavy atom. The molecule has 2 N–H and O–H groups in total. The lowest BCUT2D eigenvalue weighted by atomic mass is 10.1. The molecule has 0 bridgehead atoms. The van der Waals surface area contributed by atoms with Gasteiger partial charge in [0.25, 0.3) is 0 Å². The lowest BCUT2D eigenvalue weighted by Crippen LogP contribution is -2.34. The van der Waals surface area contributed by atoms with Crippen molar-refractivity contribution in [2.75, 3.05) is 6.61 Å². The van der Waals surface area contributed by atoms with Crippen LogP contribution in [0.4, 0.5) is 0 Å². The topological polar surface area (TPSA) is 75.6 Å². The van der Waals surface area contributed by atoms with E-state index >= 15 is 0 Å². The predicted molar refractivity (Wildman–Crippen MR) is 85.1 cm³/mol. The van der Waals surface area contributed by atoms with Crippen molar-refractivity contribution >= 4 is 11.9 Å². The van der Waals surface area contributed by atoms with Crippen molar-refractivity contribution in [3.63, 3.8) is 0 Å². The fourth-order valence-corrected chi connectivity index (χ4v) is 2.09. The Morgan fingerprint density at radius 3 is 2.68 bits per heavy atom. The fraction of sp³-hybridized carbons (Fsp3) is 0.529. The second-order valence-corrected chi connectivity index (χ2v) is 5.64. The lowest BCUT2D eigenvalue weighted by Gasteiger charge is -2.12. The van der Waals surface area contributed by atoms with E-state index in [2.05, 4.69) is 5.32 Å². The number of nitrogens with one attached hydrogen (secondary N) is 1. The number of aliphatic carboxylic acids is 1. The van der Waals surface area contributed by atoms with Crippen LogP contribution in [0.3, 0.4) is 0 Å². The SMILES string of the molecule is Cc1ccc(C)c(OCCCCC(=O)NC(C)CC(=O)O)c1. The zero-order valence-electron chi connectivity index (χ0n) is 13.5. The number of carboxylic acids is 1. The quantitative estimate of drug-likeness (QED) is 0.688. The van der Waals surface area contributed by atoms with Gasteiger partial charge in [-0.25, -0.2) is 0 Å². The van der Waals surface area contributed by atoms with Gasteiger partial charge in [-0.15, -0.1) is 0 Å². The number of carbonyl (C=O) groups is 2. The Balaban J connectivity index is 2.18. The minimum absolute atomic E-state index is 0.0541.